The topological polar surface area (TPSA) is 46.0 Å². The molecule has 0 spiro atoms. The van der Waals surface area contributed by atoms with E-state index < -0.39 is 0 Å². The summed E-state index contributed by atoms with van der Waals surface area (Å²) in [6.45, 7) is 4.06. The number of hydrogen-bond donors (Lipinski definition) is 2. The predicted molar refractivity (Wildman–Crippen MR) is 111 cm³/mol. The van der Waals surface area contributed by atoms with E-state index in [1.165, 1.54) is 11.0 Å². The first-order valence-corrected chi connectivity index (χ1v) is 9.42. The summed E-state index contributed by atoms with van der Waals surface area (Å²) in [6, 6.07) is 13.2. The molecule has 142 valence electrons. The van der Waals surface area contributed by atoms with E-state index in [1.54, 1.807) is 19.3 Å². The molecule has 0 radical (unpaired) electrons. The van der Waals surface area contributed by atoms with Crippen molar-refractivity contribution >= 4 is 35.0 Å². The van der Waals surface area contributed by atoms with Crippen LogP contribution in [0.5, 0.6) is 5.75 Å². The van der Waals surface area contributed by atoms with Gasteiger partial charge in [-0.15, -0.1) is 0 Å². The van der Waals surface area contributed by atoms with Crippen LogP contribution < -0.4 is 19.9 Å². The summed E-state index contributed by atoms with van der Waals surface area (Å²) < 4.78 is 5.20. The highest BCUT2D eigenvalue weighted by Gasteiger charge is 2.20. The molecule has 0 bridgehead atoms. The van der Waals surface area contributed by atoms with Crippen LogP contribution >= 0.6 is 11.6 Å². The quantitative estimate of drug-likeness (QED) is 0.775. The summed E-state index contributed by atoms with van der Waals surface area (Å²) in [4.78, 5) is 16.3. The summed E-state index contributed by atoms with van der Waals surface area (Å²) >= 11 is 6.16. The number of amides is 1. The zero-order valence-electron chi connectivity index (χ0n) is 15.7. The molecular weight excluding hydrogens is 362 g/mol. The molecule has 5 nitrogen and oxygen atoms in total. The molecule has 2 N–H and O–H groups in total. The minimum atomic E-state index is -0.193. The molecule has 0 aliphatic carbocycles. The van der Waals surface area contributed by atoms with Crippen molar-refractivity contribution in [3.05, 3.63) is 59.1 Å². The highest BCUT2D eigenvalue weighted by atomic mass is 35.5. The third-order valence-electron chi connectivity index (χ3n) is 4.70. The number of benzene rings is 2. The number of carbonyl (C=O) groups is 1. The van der Waals surface area contributed by atoms with Gasteiger partial charge < -0.3 is 19.9 Å². The van der Waals surface area contributed by atoms with E-state index in [-0.39, 0.29) is 5.91 Å². The molecule has 3 rings (SSSR count). The largest absolute Gasteiger partial charge is 0.497 e. The molecule has 0 unspecified atom stereocenters. The predicted octanol–water partition coefficient (Wildman–Crippen LogP) is 2.34. The Morgan fingerprint density at radius 1 is 1.22 bits per heavy atom. The minimum Gasteiger partial charge on any atom is -0.497 e. The SMILES string of the molecule is COc1cccc(/C=C/C(=O)Nc2cc(Cl)ccc2N2CC[NH+](C)CC2)c1. The molecule has 1 aliphatic rings. The van der Waals surface area contributed by atoms with E-state index in [1.807, 2.05) is 36.4 Å². The molecule has 1 aliphatic heterocycles. The maximum Gasteiger partial charge on any atom is 0.248 e. The zero-order chi connectivity index (χ0) is 19.2. The number of halogens is 1. The lowest BCUT2D eigenvalue weighted by Crippen LogP contribution is -3.12. The van der Waals surface area contributed by atoms with Gasteiger partial charge >= 0.3 is 0 Å². The zero-order valence-corrected chi connectivity index (χ0v) is 16.4. The van der Waals surface area contributed by atoms with Gasteiger partial charge in [-0.3, -0.25) is 4.79 Å². The molecular formula is C21H25ClN3O2+. The highest BCUT2D eigenvalue weighted by Crippen LogP contribution is 2.29. The summed E-state index contributed by atoms with van der Waals surface area (Å²) in [5, 5.41) is 3.57. The van der Waals surface area contributed by atoms with Gasteiger partial charge in [0.2, 0.25) is 5.91 Å². The summed E-state index contributed by atoms with van der Waals surface area (Å²) in [5.74, 6) is 0.563. The lowest BCUT2D eigenvalue weighted by atomic mass is 10.2. The van der Waals surface area contributed by atoms with Crippen molar-refractivity contribution in [3.8, 4) is 5.75 Å². The summed E-state index contributed by atoms with van der Waals surface area (Å²) in [7, 11) is 3.82. The average molecular weight is 387 g/mol. The monoisotopic (exact) mass is 386 g/mol. The van der Waals surface area contributed by atoms with Gasteiger partial charge in [0.1, 0.15) is 5.75 Å². The van der Waals surface area contributed by atoms with Crippen molar-refractivity contribution in [3.63, 3.8) is 0 Å². The van der Waals surface area contributed by atoms with Crippen molar-refractivity contribution in [1.82, 2.24) is 0 Å². The Kier molecular flexibility index (Phi) is 6.37. The fraction of sp³-hybridized carbons (Fsp3) is 0.286. The van der Waals surface area contributed by atoms with Gasteiger partial charge in [-0.2, -0.15) is 0 Å². The van der Waals surface area contributed by atoms with Crippen LogP contribution in [0.4, 0.5) is 11.4 Å². The van der Waals surface area contributed by atoms with E-state index in [0.717, 1.165) is 48.9 Å². The lowest BCUT2D eigenvalue weighted by Gasteiger charge is -2.33. The molecule has 27 heavy (non-hydrogen) atoms. The Balaban J connectivity index is 1.73. The number of carbonyl (C=O) groups excluding carboxylic acids is 1. The van der Waals surface area contributed by atoms with Gasteiger partial charge in [-0.25, -0.2) is 0 Å². The fourth-order valence-electron chi connectivity index (χ4n) is 3.10. The normalized spacial score (nSPS) is 15.1. The molecule has 6 heteroatoms. The number of likely N-dealkylation sites (N-methyl/N-ethyl adjacent to an activating group) is 1. The van der Waals surface area contributed by atoms with Crippen molar-refractivity contribution in [1.29, 1.82) is 0 Å². The molecule has 0 atom stereocenters. The summed E-state index contributed by atoms with van der Waals surface area (Å²) in [6.07, 6.45) is 3.29. The van der Waals surface area contributed by atoms with Crippen molar-refractivity contribution < 1.29 is 14.4 Å². The number of nitrogens with one attached hydrogen (secondary N) is 2. The smallest absolute Gasteiger partial charge is 0.248 e. The van der Waals surface area contributed by atoms with Crippen LogP contribution in [0.1, 0.15) is 5.56 Å². The number of hydrogen-bond acceptors (Lipinski definition) is 3. The first-order valence-electron chi connectivity index (χ1n) is 9.04. The Morgan fingerprint density at radius 2 is 2.00 bits per heavy atom. The van der Waals surface area contributed by atoms with Crippen LogP contribution in [0.3, 0.4) is 0 Å². The van der Waals surface area contributed by atoms with Gasteiger partial charge in [0.25, 0.3) is 0 Å². The Labute approximate surface area is 165 Å². The second-order valence-corrected chi connectivity index (χ2v) is 7.14. The third kappa shape index (κ3) is 5.25. The van der Waals surface area contributed by atoms with Crippen molar-refractivity contribution in [2.45, 2.75) is 0 Å². The van der Waals surface area contributed by atoms with E-state index in [2.05, 4.69) is 17.3 Å². The lowest BCUT2D eigenvalue weighted by molar-refractivity contribution is -0.880. The standard InChI is InChI=1S/C21H24ClN3O2/c1-24-10-12-25(13-11-24)20-8-7-17(22)15-19(20)23-21(26)9-6-16-4-3-5-18(14-16)27-2/h3-9,14-15H,10-13H2,1-2H3,(H,23,26)/p+1/b9-6+. The van der Waals surface area contributed by atoms with Crippen LogP contribution in [0.25, 0.3) is 6.08 Å². The van der Waals surface area contributed by atoms with Gasteiger partial charge in [-0.1, -0.05) is 23.7 Å². The molecule has 0 aromatic heterocycles. The number of piperazine rings is 1. The molecule has 2 aromatic carbocycles. The number of ether oxygens (including phenoxy) is 1. The second kappa shape index (κ2) is 8.93. The van der Waals surface area contributed by atoms with Gasteiger partial charge in [0.15, 0.2) is 0 Å². The van der Waals surface area contributed by atoms with Gasteiger partial charge in [0, 0.05) is 11.1 Å². The Bertz CT molecular complexity index is 830. The molecule has 1 saturated heterocycles. The van der Waals surface area contributed by atoms with E-state index in [0.29, 0.717) is 5.02 Å². The Morgan fingerprint density at radius 3 is 2.74 bits per heavy atom. The average Bonchev–Trinajstić information content (AvgIpc) is 2.68. The first kappa shape index (κ1) is 19.3. The molecule has 0 saturated carbocycles. The van der Waals surface area contributed by atoms with E-state index in [4.69, 9.17) is 16.3 Å². The maximum absolute atomic E-state index is 12.4. The van der Waals surface area contributed by atoms with Crippen molar-refractivity contribution in [2.24, 2.45) is 0 Å². The first-order chi connectivity index (χ1) is 13.0. The van der Waals surface area contributed by atoms with Gasteiger partial charge in [-0.05, 0) is 42.0 Å². The van der Waals surface area contributed by atoms with Crippen molar-refractivity contribution in [2.75, 3.05) is 50.6 Å². The minimum absolute atomic E-state index is 0.193. The molecule has 1 heterocycles. The van der Waals surface area contributed by atoms with Crippen LogP contribution in [0.15, 0.2) is 48.5 Å². The summed E-state index contributed by atoms with van der Waals surface area (Å²) in [5.41, 5.74) is 2.65. The second-order valence-electron chi connectivity index (χ2n) is 6.70. The molecule has 2 aromatic rings. The van der Waals surface area contributed by atoms with Crippen LogP contribution in [0, 0.1) is 0 Å². The number of methoxy groups -OCH3 is 1. The fourth-order valence-corrected chi connectivity index (χ4v) is 3.28. The van der Waals surface area contributed by atoms with E-state index in [9.17, 15) is 4.79 Å². The van der Waals surface area contributed by atoms with E-state index >= 15 is 0 Å². The van der Waals surface area contributed by atoms with Crippen LogP contribution in [-0.2, 0) is 4.79 Å². The Hall–Kier alpha value is -2.50. The van der Waals surface area contributed by atoms with Gasteiger partial charge in [0.05, 0.1) is 51.7 Å². The highest BCUT2D eigenvalue weighted by molar-refractivity contribution is 6.31. The molecule has 1 amide bonds. The number of nitrogens with zero attached hydrogens (tertiary/aromatic N) is 1. The number of rotatable bonds is 5. The molecule has 1 fully saturated rings. The maximum atomic E-state index is 12.4. The third-order valence-corrected chi connectivity index (χ3v) is 4.93. The number of quaternary nitrogens is 1. The number of anilines is 2. The van der Waals surface area contributed by atoms with Crippen LogP contribution in [-0.4, -0.2) is 46.2 Å². The van der Waals surface area contributed by atoms with Crippen LogP contribution in [0.2, 0.25) is 5.02 Å².